The van der Waals surface area contributed by atoms with Gasteiger partial charge >= 0.3 is 0 Å². The lowest BCUT2D eigenvalue weighted by atomic mass is 10.2. The smallest absolute Gasteiger partial charge is 0.256 e. The Hall–Kier alpha value is -2.40. The number of furan rings is 1. The van der Waals surface area contributed by atoms with Gasteiger partial charge in [-0.05, 0) is 49.7 Å². The number of ether oxygens (including phenoxy) is 1. The molecule has 0 saturated heterocycles. The summed E-state index contributed by atoms with van der Waals surface area (Å²) in [7, 11) is 0. The second-order valence-corrected chi connectivity index (χ2v) is 5.07. The van der Waals surface area contributed by atoms with E-state index in [1.807, 2.05) is 0 Å². The van der Waals surface area contributed by atoms with Crippen molar-refractivity contribution >= 4 is 11.6 Å². The fourth-order valence-electron chi connectivity index (χ4n) is 2.09. The number of benzene rings is 1. The monoisotopic (exact) mass is 317 g/mol. The van der Waals surface area contributed by atoms with Crippen LogP contribution in [0.1, 0.15) is 19.1 Å². The molecule has 122 valence electrons. The van der Waals surface area contributed by atoms with E-state index < -0.39 is 6.10 Å². The van der Waals surface area contributed by atoms with Crippen molar-refractivity contribution < 1.29 is 18.3 Å². The molecule has 0 aliphatic rings. The van der Waals surface area contributed by atoms with Gasteiger partial charge in [0, 0.05) is 5.69 Å². The van der Waals surface area contributed by atoms with Gasteiger partial charge in [0.05, 0.1) is 19.4 Å². The molecule has 5 heteroatoms. The number of anilines is 1. The van der Waals surface area contributed by atoms with Gasteiger partial charge in [-0.25, -0.2) is 4.39 Å². The Balaban J connectivity index is 2.16. The minimum Gasteiger partial charge on any atom is -0.467 e. The van der Waals surface area contributed by atoms with E-state index in [0.717, 1.165) is 0 Å². The van der Waals surface area contributed by atoms with Crippen LogP contribution in [-0.2, 0) is 16.1 Å². The Bertz CT molecular complexity index is 622. The number of hydrogen-bond donors (Lipinski definition) is 0. The van der Waals surface area contributed by atoms with Gasteiger partial charge in [0.25, 0.3) is 5.91 Å². The molecule has 0 saturated carbocycles. The summed E-state index contributed by atoms with van der Waals surface area (Å²) in [5.74, 6) is 0.0764. The normalized spacial score (nSPS) is 11.9. The number of halogens is 1. The maximum Gasteiger partial charge on any atom is 0.256 e. The molecule has 0 fully saturated rings. The van der Waals surface area contributed by atoms with Crippen LogP contribution >= 0.6 is 0 Å². The zero-order chi connectivity index (χ0) is 16.7. The summed E-state index contributed by atoms with van der Waals surface area (Å²) in [4.78, 5) is 14.2. The third kappa shape index (κ3) is 4.79. The first-order valence-electron chi connectivity index (χ1n) is 7.43. The standard InChI is InChI=1S/C18H20FNO3/c1-3-4-11-22-14(2)18(21)20(13-17-6-5-12-23-17)16-9-7-15(19)8-10-16/h3,5-10,12,14H,1,4,11,13H2,2H3. The molecule has 4 nitrogen and oxygen atoms in total. The lowest BCUT2D eigenvalue weighted by Gasteiger charge is -2.25. The largest absolute Gasteiger partial charge is 0.467 e. The topological polar surface area (TPSA) is 42.7 Å². The molecular formula is C18H20FNO3. The highest BCUT2D eigenvalue weighted by Crippen LogP contribution is 2.20. The van der Waals surface area contributed by atoms with Gasteiger partial charge in [0.15, 0.2) is 0 Å². The minimum absolute atomic E-state index is 0.211. The Kier molecular flexibility index (Phi) is 6.11. The molecule has 0 radical (unpaired) electrons. The first kappa shape index (κ1) is 17.0. The van der Waals surface area contributed by atoms with E-state index in [-0.39, 0.29) is 18.3 Å². The Morgan fingerprint density at radius 1 is 1.39 bits per heavy atom. The van der Waals surface area contributed by atoms with Crippen molar-refractivity contribution in [2.24, 2.45) is 0 Å². The molecule has 0 aliphatic carbocycles. The molecule has 23 heavy (non-hydrogen) atoms. The van der Waals surface area contributed by atoms with Gasteiger partial charge in [-0.3, -0.25) is 4.79 Å². The van der Waals surface area contributed by atoms with E-state index in [4.69, 9.17) is 9.15 Å². The van der Waals surface area contributed by atoms with Gasteiger partial charge < -0.3 is 14.1 Å². The van der Waals surface area contributed by atoms with E-state index in [2.05, 4.69) is 6.58 Å². The molecule has 0 N–H and O–H groups in total. The molecule has 0 aliphatic heterocycles. The summed E-state index contributed by atoms with van der Waals surface area (Å²) >= 11 is 0. The Morgan fingerprint density at radius 3 is 2.74 bits per heavy atom. The van der Waals surface area contributed by atoms with Crippen molar-refractivity contribution in [1.82, 2.24) is 0 Å². The molecule has 1 unspecified atom stereocenters. The first-order valence-corrected chi connectivity index (χ1v) is 7.43. The second-order valence-electron chi connectivity index (χ2n) is 5.07. The lowest BCUT2D eigenvalue weighted by Crippen LogP contribution is -2.39. The predicted octanol–water partition coefficient (Wildman–Crippen LogP) is 3.93. The van der Waals surface area contributed by atoms with E-state index in [1.54, 1.807) is 43.5 Å². The molecule has 1 amide bonds. The maximum absolute atomic E-state index is 13.1. The van der Waals surface area contributed by atoms with Crippen LogP contribution < -0.4 is 4.90 Å². The molecule has 0 spiro atoms. The summed E-state index contributed by atoms with van der Waals surface area (Å²) in [5, 5.41) is 0. The number of carbonyl (C=O) groups is 1. The summed E-state index contributed by atoms with van der Waals surface area (Å²) in [6, 6.07) is 9.31. The number of hydrogen-bond acceptors (Lipinski definition) is 3. The zero-order valence-corrected chi connectivity index (χ0v) is 13.1. The molecule has 1 atom stereocenters. The molecule has 1 heterocycles. The maximum atomic E-state index is 13.1. The average molecular weight is 317 g/mol. The van der Waals surface area contributed by atoms with Crippen molar-refractivity contribution in [3.05, 3.63) is 66.9 Å². The summed E-state index contributed by atoms with van der Waals surface area (Å²) in [6.45, 7) is 6.00. The van der Waals surface area contributed by atoms with Gasteiger partial charge in [-0.15, -0.1) is 6.58 Å². The SMILES string of the molecule is C=CCCOC(C)C(=O)N(Cc1ccco1)c1ccc(F)cc1. The average Bonchev–Trinajstić information content (AvgIpc) is 3.06. The third-order valence-corrected chi connectivity index (χ3v) is 3.34. The van der Waals surface area contributed by atoms with Crippen LogP contribution in [-0.4, -0.2) is 18.6 Å². The molecule has 1 aromatic carbocycles. The summed E-state index contributed by atoms with van der Waals surface area (Å²) < 4.78 is 24.0. The number of nitrogens with zero attached hydrogens (tertiary/aromatic N) is 1. The first-order chi connectivity index (χ1) is 11.1. The summed E-state index contributed by atoms with van der Waals surface area (Å²) in [5.41, 5.74) is 0.590. The van der Waals surface area contributed by atoms with Crippen molar-refractivity contribution in [1.29, 1.82) is 0 Å². The van der Waals surface area contributed by atoms with Crippen molar-refractivity contribution in [2.45, 2.75) is 26.0 Å². The van der Waals surface area contributed by atoms with Gasteiger partial charge in [-0.2, -0.15) is 0 Å². The van der Waals surface area contributed by atoms with Crippen LogP contribution in [0.25, 0.3) is 0 Å². The van der Waals surface area contributed by atoms with Crippen LogP contribution in [0.5, 0.6) is 0 Å². The highest BCUT2D eigenvalue weighted by atomic mass is 19.1. The lowest BCUT2D eigenvalue weighted by molar-refractivity contribution is -0.129. The van der Waals surface area contributed by atoms with Crippen molar-refractivity contribution in [2.75, 3.05) is 11.5 Å². The van der Waals surface area contributed by atoms with Gasteiger partial charge in [-0.1, -0.05) is 6.08 Å². The molecular weight excluding hydrogens is 297 g/mol. The highest BCUT2D eigenvalue weighted by Gasteiger charge is 2.23. The van der Waals surface area contributed by atoms with Crippen LogP contribution in [0, 0.1) is 5.82 Å². The summed E-state index contributed by atoms with van der Waals surface area (Å²) in [6.07, 6.45) is 3.34. The highest BCUT2D eigenvalue weighted by molar-refractivity contribution is 5.96. The Labute approximate surface area is 135 Å². The van der Waals surface area contributed by atoms with Gasteiger partial charge in [0.2, 0.25) is 0 Å². The number of rotatable bonds is 8. The Morgan fingerprint density at radius 2 is 2.13 bits per heavy atom. The second kappa shape index (κ2) is 8.29. The number of carbonyl (C=O) groups excluding carboxylic acids is 1. The predicted molar refractivity (Wildman–Crippen MR) is 86.5 cm³/mol. The molecule has 2 aromatic rings. The van der Waals surface area contributed by atoms with Gasteiger partial charge in [0.1, 0.15) is 17.7 Å². The molecule has 1 aromatic heterocycles. The fraction of sp³-hybridized carbons (Fsp3) is 0.278. The van der Waals surface area contributed by atoms with Crippen LogP contribution in [0.4, 0.5) is 10.1 Å². The minimum atomic E-state index is -0.616. The van der Waals surface area contributed by atoms with Crippen LogP contribution in [0.15, 0.2) is 59.7 Å². The zero-order valence-electron chi connectivity index (χ0n) is 13.1. The molecule has 2 rings (SSSR count). The van der Waals surface area contributed by atoms with E-state index in [0.29, 0.717) is 24.5 Å². The quantitative estimate of drug-likeness (QED) is 0.547. The number of amides is 1. The van der Waals surface area contributed by atoms with E-state index in [9.17, 15) is 9.18 Å². The van der Waals surface area contributed by atoms with Crippen LogP contribution in [0.3, 0.4) is 0 Å². The van der Waals surface area contributed by atoms with Crippen molar-refractivity contribution in [3.63, 3.8) is 0 Å². The fourth-order valence-corrected chi connectivity index (χ4v) is 2.09. The third-order valence-electron chi connectivity index (χ3n) is 3.34. The van der Waals surface area contributed by atoms with Crippen LogP contribution in [0.2, 0.25) is 0 Å². The van der Waals surface area contributed by atoms with E-state index in [1.165, 1.54) is 17.0 Å². The molecule has 0 bridgehead atoms. The van der Waals surface area contributed by atoms with E-state index >= 15 is 0 Å². The van der Waals surface area contributed by atoms with Crippen molar-refractivity contribution in [3.8, 4) is 0 Å².